The molecular weight excluding hydrogens is 637 g/mol. The van der Waals surface area contributed by atoms with E-state index in [9.17, 15) is 33.5 Å². The van der Waals surface area contributed by atoms with Crippen LogP contribution in [0.2, 0.25) is 0 Å². The van der Waals surface area contributed by atoms with E-state index in [0.29, 0.717) is 11.3 Å². The van der Waals surface area contributed by atoms with Gasteiger partial charge in [0, 0.05) is 6.42 Å². The first kappa shape index (κ1) is 36.2. The molecule has 5 amide bonds. The highest BCUT2D eigenvalue weighted by atomic mass is 19.1. The molecule has 4 rings (SSSR count). The van der Waals surface area contributed by atoms with Crippen molar-refractivity contribution in [3.05, 3.63) is 89.7 Å². The maximum absolute atomic E-state index is 13.6. The molecule has 1 aliphatic heterocycles. The Morgan fingerprint density at radius 3 is 2.39 bits per heavy atom. The summed E-state index contributed by atoms with van der Waals surface area (Å²) in [5.41, 5.74) is 0.699. The number of amides is 5. The molecule has 3 atom stereocenters. The molecule has 3 aromatic rings. The first-order valence-electron chi connectivity index (χ1n) is 15.8. The van der Waals surface area contributed by atoms with E-state index in [2.05, 4.69) is 26.6 Å². The van der Waals surface area contributed by atoms with Gasteiger partial charge in [-0.05, 0) is 60.0 Å². The molecule has 0 spiro atoms. The maximum atomic E-state index is 13.6. The quantitative estimate of drug-likeness (QED) is 0.194. The second kappa shape index (κ2) is 17.5. The second-order valence-corrected chi connectivity index (χ2v) is 11.7. The highest BCUT2D eigenvalue weighted by Crippen LogP contribution is 2.19. The minimum Gasteiger partial charge on any atom is -0.508 e. The molecule has 0 saturated carbocycles. The number of hydrogen-bond donors (Lipinski definition) is 6. The highest BCUT2D eigenvalue weighted by Gasteiger charge is 2.31. The summed E-state index contributed by atoms with van der Waals surface area (Å²) in [6.45, 7) is 3.59. The molecule has 0 bridgehead atoms. The molecule has 0 aliphatic carbocycles. The fourth-order valence-corrected chi connectivity index (χ4v) is 4.97. The van der Waals surface area contributed by atoms with Crippen LogP contribution in [-0.4, -0.2) is 79.1 Å². The van der Waals surface area contributed by atoms with Crippen LogP contribution in [0.5, 0.6) is 17.2 Å². The summed E-state index contributed by atoms with van der Waals surface area (Å²) >= 11 is 0. The van der Waals surface area contributed by atoms with Crippen molar-refractivity contribution in [2.24, 2.45) is 5.92 Å². The lowest BCUT2D eigenvalue weighted by Crippen LogP contribution is -2.57. The number of benzene rings is 3. The summed E-state index contributed by atoms with van der Waals surface area (Å²) in [6.07, 6.45) is -0.553. The SMILES string of the molecule is CC(C)[C@H]1NC(=O)[C@H](Cc2ccc(O)cc2)NC(=O)C[C@@H](C(=O)NCCOc2ccc(F)cc2)NC(=O)c2ccccc2OCCNC1=O. The maximum Gasteiger partial charge on any atom is 0.255 e. The van der Waals surface area contributed by atoms with Crippen LogP contribution in [0.4, 0.5) is 4.39 Å². The number of phenols is 1. The Bertz CT molecular complexity index is 1620. The molecule has 0 aromatic heterocycles. The Kier molecular flexibility index (Phi) is 12.9. The first-order valence-corrected chi connectivity index (χ1v) is 15.8. The number of carbonyl (C=O) groups excluding carboxylic acids is 5. The van der Waals surface area contributed by atoms with Gasteiger partial charge in [0.1, 0.15) is 54.4 Å². The third-order valence-corrected chi connectivity index (χ3v) is 7.56. The number of phenolic OH excluding ortho intramolecular Hbond substituents is 1. The number of para-hydroxylation sites is 1. The molecule has 1 aliphatic rings. The number of ether oxygens (including phenoxy) is 2. The topological polar surface area (TPSA) is 184 Å². The van der Waals surface area contributed by atoms with E-state index in [1.807, 2.05) is 0 Å². The summed E-state index contributed by atoms with van der Waals surface area (Å²) in [4.78, 5) is 67.0. The number of fused-ring (bicyclic) bond motifs is 1. The van der Waals surface area contributed by atoms with Crippen LogP contribution in [0.1, 0.15) is 36.2 Å². The first-order chi connectivity index (χ1) is 23.5. The van der Waals surface area contributed by atoms with Crippen molar-refractivity contribution in [2.75, 3.05) is 26.3 Å². The lowest BCUT2D eigenvalue weighted by atomic mass is 10.0. The Labute approximate surface area is 282 Å². The van der Waals surface area contributed by atoms with Gasteiger partial charge >= 0.3 is 0 Å². The Hall–Kier alpha value is -5.66. The van der Waals surface area contributed by atoms with Crippen molar-refractivity contribution >= 4 is 29.5 Å². The van der Waals surface area contributed by atoms with Crippen LogP contribution in [0.3, 0.4) is 0 Å². The fourth-order valence-electron chi connectivity index (χ4n) is 4.97. The van der Waals surface area contributed by atoms with Gasteiger partial charge in [-0.1, -0.05) is 38.1 Å². The average molecular weight is 678 g/mol. The summed E-state index contributed by atoms with van der Waals surface area (Å²) in [5, 5.41) is 23.1. The summed E-state index contributed by atoms with van der Waals surface area (Å²) < 4.78 is 24.5. The molecule has 260 valence electrons. The molecule has 14 heteroatoms. The standard InChI is InChI=1S/C35H40FN5O8/c1-21(2)31-35(47)38-16-18-49-29-6-4-3-5-26(29)32(44)40-28(33(45)37-15-17-48-25-13-9-23(36)10-14-25)20-30(43)39-27(34(46)41-31)19-22-7-11-24(42)12-8-22/h3-14,21,27-28,31,42H,15-20H2,1-2H3,(H,37,45)(H,38,47)(H,39,43)(H,40,44)(H,41,46)/t27-,28-,31+/m0/s1. The molecule has 0 fully saturated rings. The van der Waals surface area contributed by atoms with E-state index in [-0.39, 0.29) is 55.7 Å². The fraction of sp³-hybridized carbons (Fsp3) is 0.343. The number of rotatable bonds is 8. The van der Waals surface area contributed by atoms with Crippen LogP contribution in [-0.2, 0) is 25.6 Å². The second-order valence-electron chi connectivity index (χ2n) is 11.7. The van der Waals surface area contributed by atoms with E-state index < -0.39 is 59.9 Å². The average Bonchev–Trinajstić information content (AvgIpc) is 3.08. The minimum absolute atomic E-state index is 0.00369. The zero-order valence-electron chi connectivity index (χ0n) is 27.2. The number of nitrogens with one attached hydrogen (secondary N) is 5. The summed E-state index contributed by atoms with van der Waals surface area (Å²) in [7, 11) is 0. The van der Waals surface area contributed by atoms with Gasteiger partial charge in [0.05, 0.1) is 25.1 Å². The van der Waals surface area contributed by atoms with Gasteiger partial charge in [0.25, 0.3) is 5.91 Å². The van der Waals surface area contributed by atoms with Gasteiger partial charge in [-0.3, -0.25) is 24.0 Å². The summed E-state index contributed by atoms with van der Waals surface area (Å²) in [5.74, 6) is -3.39. The van der Waals surface area contributed by atoms with Crippen LogP contribution in [0.15, 0.2) is 72.8 Å². The van der Waals surface area contributed by atoms with E-state index >= 15 is 0 Å². The van der Waals surface area contributed by atoms with E-state index in [1.54, 1.807) is 44.2 Å². The molecule has 1 heterocycles. The third kappa shape index (κ3) is 10.9. The van der Waals surface area contributed by atoms with Crippen molar-refractivity contribution in [1.29, 1.82) is 0 Å². The van der Waals surface area contributed by atoms with Gasteiger partial charge in [-0.15, -0.1) is 0 Å². The molecular formula is C35H40FN5O8. The van der Waals surface area contributed by atoms with Gasteiger partial charge < -0.3 is 41.2 Å². The van der Waals surface area contributed by atoms with Crippen molar-refractivity contribution in [3.8, 4) is 17.2 Å². The van der Waals surface area contributed by atoms with Crippen molar-refractivity contribution in [3.63, 3.8) is 0 Å². The zero-order valence-corrected chi connectivity index (χ0v) is 27.2. The molecule has 0 radical (unpaired) electrons. The smallest absolute Gasteiger partial charge is 0.255 e. The largest absolute Gasteiger partial charge is 0.508 e. The summed E-state index contributed by atoms with van der Waals surface area (Å²) in [6, 6.07) is 14.2. The minimum atomic E-state index is -1.38. The van der Waals surface area contributed by atoms with Crippen LogP contribution in [0.25, 0.3) is 0 Å². The predicted molar refractivity (Wildman–Crippen MR) is 176 cm³/mol. The van der Waals surface area contributed by atoms with Gasteiger partial charge in [0.15, 0.2) is 0 Å². The number of carbonyl (C=O) groups is 5. The van der Waals surface area contributed by atoms with E-state index in [1.165, 1.54) is 42.5 Å². The Morgan fingerprint density at radius 1 is 0.959 bits per heavy atom. The molecule has 13 nitrogen and oxygen atoms in total. The number of hydrogen-bond acceptors (Lipinski definition) is 8. The monoisotopic (exact) mass is 677 g/mol. The normalized spacial score (nSPS) is 19.2. The molecule has 0 unspecified atom stereocenters. The number of halogens is 1. The highest BCUT2D eigenvalue weighted by molar-refractivity contribution is 6.01. The lowest BCUT2D eigenvalue weighted by Gasteiger charge is -2.26. The van der Waals surface area contributed by atoms with Crippen LogP contribution >= 0.6 is 0 Å². The van der Waals surface area contributed by atoms with E-state index in [0.717, 1.165) is 0 Å². The molecule has 49 heavy (non-hydrogen) atoms. The van der Waals surface area contributed by atoms with Gasteiger partial charge in [-0.25, -0.2) is 4.39 Å². The zero-order chi connectivity index (χ0) is 35.3. The van der Waals surface area contributed by atoms with Gasteiger partial charge in [-0.2, -0.15) is 0 Å². The van der Waals surface area contributed by atoms with Crippen molar-refractivity contribution in [2.45, 2.75) is 44.8 Å². The lowest BCUT2D eigenvalue weighted by molar-refractivity contribution is -0.133. The van der Waals surface area contributed by atoms with Crippen molar-refractivity contribution in [1.82, 2.24) is 26.6 Å². The van der Waals surface area contributed by atoms with Crippen LogP contribution < -0.4 is 36.1 Å². The Morgan fingerprint density at radius 2 is 1.67 bits per heavy atom. The third-order valence-electron chi connectivity index (χ3n) is 7.56. The van der Waals surface area contributed by atoms with Gasteiger partial charge in [0.2, 0.25) is 23.6 Å². The predicted octanol–water partition coefficient (Wildman–Crippen LogP) is 1.59. The number of aromatic hydroxyl groups is 1. The van der Waals surface area contributed by atoms with Crippen molar-refractivity contribution < 1.29 is 42.9 Å². The Balaban J connectivity index is 1.58. The van der Waals surface area contributed by atoms with E-state index in [4.69, 9.17) is 9.47 Å². The van der Waals surface area contributed by atoms with Crippen LogP contribution in [0, 0.1) is 11.7 Å². The molecule has 6 N–H and O–H groups in total. The molecule has 0 saturated heterocycles. The molecule has 3 aromatic carbocycles.